The Labute approximate surface area is 130 Å². The van der Waals surface area contributed by atoms with Crippen LogP contribution < -0.4 is 5.32 Å². The van der Waals surface area contributed by atoms with E-state index in [1.807, 2.05) is 43.5 Å². The molecule has 22 heavy (non-hydrogen) atoms. The molecule has 0 saturated heterocycles. The fraction of sp³-hybridized carbons (Fsp3) is 0.375. The van der Waals surface area contributed by atoms with Crippen molar-refractivity contribution in [3.05, 3.63) is 48.3 Å². The molecule has 0 aliphatic carbocycles. The second kappa shape index (κ2) is 7.09. The summed E-state index contributed by atoms with van der Waals surface area (Å²) in [6.07, 6.45) is 3.60. The first-order valence-electron chi connectivity index (χ1n) is 7.27. The summed E-state index contributed by atoms with van der Waals surface area (Å²) in [5.41, 5.74) is 1.94. The maximum Gasteiger partial charge on any atom is 0.317 e. The van der Waals surface area contributed by atoms with E-state index >= 15 is 0 Å². The molecular weight excluding hydrogens is 280 g/mol. The molecule has 6 nitrogen and oxygen atoms in total. The molecule has 2 atom stereocenters. The summed E-state index contributed by atoms with van der Waals surface area (Å²) >= 11 is 0. The number of aliphatic hydroxyl groups is 1. The Kier molecular flexibility index (Phi) is 5.16. The lowest BCUT2D eigenvalue weighted by atomic mass is 10.1. The monoisotopic (exact) mass is 302 g/mol. The molecule has 6 heteroatoms. The fourth-order valence-corrected chi connectivity index (χ4v) is 2.05. The molecule has 1 heterocycles. The summed E-state index contributed by atoms with van der Waals surface area (Å²) in [5, 5.41) is 16.2. The molecule has 2 unspecified atom stereocenters. The first-order valence-corrected chi connectivity index (χ1v) is 7.27. The average molecular weight is 302 g/mol. The van der Waals surface area contributed by atoms with E-state index in [0.29, 0.717) is 0 Å². The third-order valence-corrected chi connectivity index (χ3v) is 3.72. The van der Waals surface area contributed by atoms with Gasteiger partial charge in [-0.15, -0.1) is 0 Å². The van der Waals surface area contributed by atoms with Gasteiger partial charge in [0.05, 0.1) is 24.4 Å². The van der Waals surface area contributed by atoms with Crippen LogP contribution in [0.25, 0.3) is 5.69 Å². The summed E-state index contributed by atoms with van der Waals surface area (Å²) in [6.45, 7) is 3.66. The highest BCUT2D eigenvalue weighted by Crippen LogP contribution is 2.17. The number of carbonyl (C=O) groups excluding carboxylic acids is 1. The van der Waals surface area contributed by atoms with Crippen LogP contribution in [0.15, 0.2) is 42.7 Å². The quantitative estimate of drug-likeness (QED) is 0.887. The number of likely N-dealkylation sites (N-methyl/N-ethyl adjacent to an activating group) is 1. The highest BCUT2D eigenvalue weighted by Gasteiger charge is 2.17. The Morgan fingerprint density at radius 2 is 2.18 bits per heavy atom. The molecule has 0 spiro atoms. The van der Waals surface area contributed by atoms with Crippen LogP contribution in [0.1, 0.15) is 25.5 Å². The average Bonchev–Trinajstić information content (AvgIpc) is 3.07. The number of aromatic nitrogens is 2. The van der Waals surface area contributed by atoms with Crippen molar-refractivity contribution in [1.82, 2.24) is 20.0 Å². The molecular formula is C16H22N4O2. The van der Waals surface area contributed by atoms with E-state index in [0.717, 1.165) is 11.3 Å². The molecule has 2 N–H and O–H groups in total. The second-order valence-corrected chi connectivity index (χ2v) is 5.36. The van der Waals surface area contributed by atoms with Crippen molar-refractivity contribution < 1.29 is 9.90 Å². The van der Waals surface area contributed by atoms with Gasteiger partial charge in [0.25, 0.3) is 0 Å². The number of hydrogen-bond donors (Lipinski definition) is 2. The Bertz CT molecular complexity index is 612. The van der Waals surface area contributed by atoms with Crippen LogP contribution in [-0.4, -0.2) is 45.5 Å². The van der Waals surface area contributed by atoms with Crippen molar-refractivity contribution in [1.29, 1.82) is 0 Å². The van der Waals surface area contributed by atoms with E-state index in [2.05, 4.69) is 10.4 Å². The fourth-order valence-electron chi connectivity index (χ4n) is 2.05. The number of amides is 2. The maximum absolute atomic E-state index is 12.1. The van der Waals surface area contributed by atoms with Crippen molar-refractivity contribution in [3.8, 4) is 5.69 Å². The zero-order valence-electron chi connectivity index (χ0n) is 13.1. The molecule has 0 fully saturated rings. The van der Waals surface area contributed by atoms with Crippen molar-refractivity contribution in [3.63, 3.8) is 0 Å². The maximum atomic E-state index is 12.1. The molecule has 2 rings (SSSR count). The van der Waals surface area contributed by atoms with Gasteiger partial charge in [-0.25, -0.2) is 9.48 Å². The summed E-state index contributed by atoms with van der Waals surface area (Å²) in [4.78, 5) is 13.6. The van der Waals surface area contributed by atoms with E-state index in [1.165, 1.54) is 4.90 Å². The first-order chi connectivity index (χ1) is 10.5. The Morgan fingerprint density at radius 3 is 2.82 bits per heavy atom. The minimum absolute atomic E-state index is 0.0624. The zero-order valence-corrected chi connectivity index (χ0v) is 13.1. The van der Waals surface area contributed by atoms with Gasteiger partial charge >= 0.3 is 6.03 Å². The van der Waals surface area contributed by atoms with Gasteiger partial charge in [-0.05, 0) is 37.6 Å². The molecule has 0 aliphatic rings. The van der Waals surface area contributed by atoms with Crippen LogP contribution in [0.4, 0.5) is 4.79 Å². The van der Waals surface area contributed by atoms with Gasteiger partial charge in [-0.1, -0.05) is 12.1 Å². The third-order valence-electron chi connectivity index (χ3n) is 3.72. The van der Waals surface area contributed by atoms with Crippen LogP contribution in [-0.2, 0) is 0 Å². The Balaban J connectivity index is 2.08. The predicted octanol–water partition coefficient (Wildman–Crippen LogP) is 1.96. The molecule has 1 aromatic carbocycles. The van der Waals surface area contributed by atoms with E-state index in [1.54, 1.807) is 24.9 Å². The van der Waals surface area contributed by atoms with E-state index in [4.69, 9.17) is 5.11 Å². The van der Waals surface area contributed by atoms with Crippen LogP contribution >= 0.6 is 0 Å². The SMILES string of the molecule is CC(NC(=O)N(C)C(C)CO)c1cccc(-n2cccn2)c1. The summed E-state index contributed by atoms with van der Waals surface area (Å²) in [6, 6.07) is 9.15. The first kappa shape index (κ1) is 16.0. The van der Waals surface area contributed by atoms with E-state index in [9.17, 15) is 4.79 Å². The lowest BCUT2D eigenvalue weighted by Gasteiger charge is -2.26. The largest absolute Gasteiger partial charge is 0.394 e. The Hall–Kier alpha value is -2.34. The van der Waals surface area contributed by atoms with Gasteiger partial charge in [-0.2, -0.15) is 5.10 Å². The standard InChI is InChI=1S/C16H22N4O2/c1-12(11-21)19(3)16(22)18-13(2)14-6-4-7-15(10-14)20-9-5-8-17-20/h4-10,12-13,21H,11H2,1-3H3,(H,18,22). The second-order valence-electron chi connectivity index (χ2n) is 5.36. The molecule has 1 aromatic heterocycles. The number of aliphatic hydroxyl groups excluding tert-OH is 1. The summed E-state index contributed by atoms with van der Waals surface area (Å²) in [5.74, 6) is 0. The number of urea groups is 1. The molecule has 0 aliphatic heterocycles. The van der Waals surface area contributed by atoms with Gasteiger partial charge in [0, 0.05) is 19.4 Å². The molecule has 0 saturated carbocycles. The zero-order chi connectivity index (χ0) is 16.1. The number of nitrogens with one attached hydrogen (secondary N) is 1. The normalized spacial score (nSPS) is 13.5. The van der Waals surface area contributed by atoms with E-state index in [-0.39, 0.29) is 24.7 Å². The lowest BCUT2D eigenvalue weighted by Crippen LogP contribution is -2.44. The van der Waals surface area contributed by atoms with Gasteiger partial charge in [0.2, 0.25) is 0 Å². The van der Waals surface area contributed by atoms with Crippen LogP contribution in [0.5, 0.6) is 0 Å². The van der Waals surface area contributed by atoms with Crippen LogP contribution in [0.3, 0.4) is 0 Å². The highest BCUT2D eigenvalue weighted by atomic mass is 16.3. The van der Waals surface area contributed by atoms with Crippen molar-refractivity contribution in [2.45, 2.75) is 25.9 Å². The third kappa shape index (κ3) is 3.65. The van der Waals surface area contributed by atoms with Gasteiger partial charge in [0.1, 0.15) is 0 Å². The summed E-state index contributed by atoms with van der Waals surface area (Å²) in [7, 11) is 1.67. The summed E-state index contributed by atoms with van der Waals surface area (Å²) < 4.78 is 1.78. The number of nitrogens with zero attached hydrogens (tertiary/aromatic N) is 3. The number of carbonyl (C=O) groups is 1. The van der Waals surface area contributed by atoms with E-state index < -0.39 is 0 Å². The molecule has 2 amide bonds. The molecule has 0 bridgehead atoms. The lowest BCUT2D eigenvalue weighted by molar-refractivity contribution is 0.155. The Morgan fingerprint density at radius 1 is 1.41 bits per heavy atom. The molecule has 0 radical (unpaired) electrons. The number of rotatable bonds is 5. The smallest absolute Gasteiger partial charge is 0.317 e. The number of hydrogen-bond acceptors (Lipinski definition) is 3. The van der Waals surface area contributed by atoms with Crippen molar-refractivity contribution >= 4 is 6.03 Å². The van der Waals surface area contributed by atoms with Crippen LogP contribution in [0.2, 0.25) is 0 Å². The van der Waals surface area contributed by atoms with Gasteiger partial charge in [0.15, 0.2) is 0 Å². The minimum Gasteiger partial charge on any atom is -0.394 e. The van der Waals surface area contributed by atoms with Gasteiger partial charge in [-0.3, -0.25) is 0 Å². The molecule has 118 valence electrons. The molecule has 2 aromatic rings. The highest BCUT2D eigenvalue weighted by molar-refractivity contribution is 5.74. The minimum atomic E-state index is -0.220. The van der Waals surface area contributed by atoms with Crippen molar-refractivity contribution in [2.24, 2.45) is 0 Å². The van der Waals surface area contributed by atoms with Crippen molar-refractivity contribution in [2.75, 3.05) is 13.7 Å². The van der Waals surface area contributed by atoms with Crippen LogP contribution in [0, 0.1) is 0 Å². The van der Waals surface area contributed by atoms with Gasteiger partial charge < -0.3 is 15.3 Å². The predicted molar refractivity (Wildman–Crippen MR) is 84.8 cm³/mol. The topological polar surface area (TPSA) is 70.4 Å². The number of benzene rings is 1.